The van der Waals surface area contributed by atoms with E-state index in [9.17, 15) is 0 Å². The van der Waals surface area contributed by atoms with Gasteiger partial charge in [-0.2, -0.15) is 0 Å². The topological polar surface area (TPSA) is 0 Å². The SMILES string of the molecule is [AlH3].[B].[GaH3].[InH2]. The second-order valence-corrected chi connectivity index (χ2v) is 0. The third-order valence-electron chi connectivity index (χ3n) is 0. The number of hydrogen-bond donors (Lipinski definition) is 0. The Hall–Kier alpha value is 2.10. The molecule has 0 atom stereocenters. The van der Waals surface area contributed by atoms with Gasteiger partial charge in [0.1, 0.15) is 0 Å². The van der Waals surface area contributed by atoms with Crippen LogP contribution < -0.4 is 0 Å². The molecule has 0 saturated heterocycles. The fourth-order valence-electron chi connectivity index (χ4n) is 0. The molecular formula is H8AlBGaIn. The molecule has 0 aromatic heterocycles. The summed E-state index contributed by atoms with van der Waals surface area (Å²) in [6.07, 6.45) is 0. The van der Waals surface area contributed by atoms with Crippen LogP contribution in [0.3, 0.4) is 0 Å². The van der Waals surface area contributed by atoms with E-state index in [0.717, 1.165) is 0 Å². The summed E-state index contributed by atoms with van der Waals surface area (Å²) in [7, 11) is 0. The van der Waals surface area contributed by atoms with Crippen LogP contribution in [-0.2, 0) is 0 Å². The van der Waals surface area contributed by atoms with Gasteiger partial charge in [-0.1, -0.05) is 0 Å². The Kier molecular flexibility index (Phi) is 174. The zero-order valence-electron chi connectivity index (χ0n) is 1.58. The summed E-state index contributed by atoms with van der Waals surface area (Å²) in [4.78, 5) is 0. The van der Waals surface area contributed by atoms with Crippen molar-refractivity contribution in [2.75, 3.05) is 0 Å². The molecule has 0 unspecified atom stereocenters. The van der Waals surface area contributed by atoms with Crippen LogP contribution in [0.4, 0.5) is 0 Å². The van der Waals surface area contributed by atoms with E-state index in [2.05, 4.69) is 0 Å². The Morgan fingerprint density at radius 3 is 1.00 bits per heavy atom. The van der Waals surface area contributed by atoms with Gasteiger partial charge in [-0.15, -0.1) is 0 Å². The Balaban J connectivity index is 0. The fourth-order valence-corrected chi connectivity index (χ4v) is 0. The fraction of sp³-hybridized carbons (Fsp3) is 0. The molecule has 0 aliphatic carbocycles. The summed E-state index contributed by atoms with van der Waals surface area (Å²) in [6, 6.07) is 0. The van der Waals surface area contributed by atoms with Crippen molar-refractivity contribution < 1.29 is 0 Å². The monoisotopic (exact) mass is 230 g/mol. The van der Waals surface area contributed by atoms with Crippen molar-refractivity contribution in [1.82, 2.24) is 0 Å². The van der Waals surface area contributed by atoms with Crippen molar-refractivity contribution in [3.05, 3.63) is 0 Å². The molecule has 4 radical (unpaired) electrons. The first kappa shape index (κ1) is 35.9. The Labute approximate surface area is 70.7 Å². The van der Waals surface area contributed by atoms with E-state index < -0.39 is 0 Å². The van der Waals surface area contributed by atoms with Crippen LogP contribution in [0, 0.1) is 0 Å². The molecule has 0 aliphatic rings. The zero-order valence-corrected chi connectivity index (χ0v) is 7.29. The van der Waals surface area contributed by atoms with E-state index in [1.807, 2.05) is 0 Å². The molecule has 0 fully saturated rings. The average Bonchev–Trinajstić information content (AvgIpc) is 0. The summed E-state index contributed by atoms with van der Waals surface area (Å²) >= 11 is 0. The normalized spacial score (nSPS) is 0. The molecule has 0 spiro atoms. The van der Waals surface area contributed by atoms with Gasteiger partial charge in [0.25, 0.3) is 0 Å². The number of hydrogen-bond acceptors (Lipinski definition) is 0. The van der Waals surface area contributed by atoms with Gasteiger partial charge in [0.2, 0.25) is 0 Å². The molecule has 0 nitrogen and oxygen atoms in total. The standard InChI is InChI=1S/Al.B.Ga.In.8H. The van der Waals surface area contributed by atoms with Crippen LogP contribution in [0.2, 0.25) is 0 Å². The van der Waals surface area contributed by atoms with Gasteiger partial charge in [0.05, 0.1) is 0 Å². The van der Waals surface area contributed by atoms with Crippen LogP contribution in [0.15, 0.2) is 0 Å². The van der Waals surface area contributed by atoms with E-state index in [0.29, 0.717) is 0 Å². The first-order valence-corrected chi connectivity index (χ1v) is 0. The van der Waals surface area contributed by atoms with Gasteiger partial charge in [-0.05, 0) is 0 Å². The van der Waals surface area contributed by atoms with Crippen LogP contribution in [0.25, 0.3) is 0 Å². The van der Waals surface area contributed by atoms with Gasteiger partial charge < -0.3 is 0 Å². The minimum absolute atomic E-state index is 0. The van der Waals surface area contributed by atoms with Crippen LogP contribution in [0.1, 0.15) is 0 Å². The molecule has 4 heteroatoms. The molecule has 20 valence electrons. The van der Waals surface area contributed by atoms with Crippen LogP contribution in [-0.4, -0.2) is 71.4 Å². The predicted molar refractivity (Wildman–Crippen MR) is 34.2 cm³/mol. The average molecular weight is 230 g/mol. The zero-order chi connectivity index (χ0) is 0. The van der Waals surface area contributed by atoms with Crippen molar-refractivity contribution in [3.8, 4) is 0 Å². The van der Waals surface area contributed by atoms with Crippen molar-refractivity contribution >= 4 is 71.4 Å². The molecular weight excluding hydrogens is 222 g/mol. The van der Waals surface area contributed by atoms with E-state index in [4.69, 9.17) is 0 Å². The van der Waals surface area contributed by atoms with Gasteiger partial charge in [-0.25, -0.2) is 0 Å². The van der Waals surface area contributed by atoms with Crippen molar-refractivity contribution in [2.24, 2.45) is 0 Å². The van der Waals surface area contributed by atoms with Crippen molar-refractivity contribution in [2.45, 2.75) is 0 Å². The quantitative estimate of drug-likeness (QED) is 0.376. The second kappa shape index (κ2) is 19.4. The van der Waals surface area contributed by atoms with Crippen molar-refractivity contribution in [1.29, 1.82) is 0 Å². The molecule has 0 aromatic rings. The molecule has 0 N–H and O–H groups in total. The molecule has 0 amide bonds. The molecule has 0 heterocycles. The van der Waals surface area contributed by atoms with Gasteiger partial charge in [0.15, 0.2) is 17.4 Å². The first-order valence-electron chi connectivity index (χ1n) is 0. The maximum atomic E-state index is 0. The van der Waals surface area contributed by atoms with Crippen LogP contribution in [0.5, 0.6) is 0 Å². The predicted octanol–water partition coefficient (Wildman–Crippen LogP) is -3.66. The second-order valence-electron chi connectivity index (χ2n) is 0. The number of rotatable bonds is 0. The van der Waals surface area contributed by atoms with E-state index in [1.165, 1.54) is 0 Å². The molecule has 0 aromatic carbocycles. The molecule has 0 aliphatic heterocycles. The van der Waals surface area contributed by atoms with Crippen molar-refractivity contribution in [3.63, 3.8) is 0 Å². The molecule has 0 bridgehead atoms. The van der Waals surface area contributed by atoms with E-state index in [1.54, 1.807) is 0 Å². The summed E-state index contributed by atoms with van der Waals surface area (Å²) in [5.41, 5.74) is 0. The van der Waals surface area contributed by atoms with Crippen LogP contribution >= 0.6 is 0 Å². The van der Waals surface area contributed by atoms with Gasteiger partial charge >= 0.3 is 45.6 Å². The summed E-state index contributed by atoms with van der Waals surface area (Å²) < 4.78 is 0. The van der Waals surface area contributed by atoms with Gasteiger partial charge in [-0.3, -0.25) is 0 Å². The Morgan fingerprint density at radius 2 is 1.00 bits per heavy atom. The van der Waals surface area contributed by atoms with E-state index >= 15 is 0 Å². The Bertz CT molecular complexity index is 8.00. The summed E-state index contributed by atoms with van der Waals surface area (Å²) in [5.74, 6) is 0. The molecule has 0 rings (SSSR count). The molecule has 4 heavy (non-hydrogen) atoms. The third-order valence-corrected chi connectivity index (χ3v) is 0. The Morgan fingerprint density at radius 1 is 1.00 bits per heavy atom. The third kappa shape index (κ3) is 8.93. The molecule has 0 saturated carbocycles. The van der Waals surface area contributed by atoms with Gasteiger partial charge in [0, 0.05) is 8.41 Å². The maximum absolute atomic E-state index is 0. The summed E-state index contributed by atoms with van der Waals surface area (Å²) in [5, 5.41) is 0. The van der Waals surface area contributed by atoms with E-state index in [-0.39, 0.29) is 71.4 Å². The summed E-state index contributed by atoms with van der Waals surface area (Å²) in [6.45, 7) is 0. The first-order chi connectivity index (χ1) is 0. The minimum atomic E-state index is 0.